The van der Waals surface area contributed by atoms with Crippen molar-refractivity contribution in [3.63, 3.8) is 0 Å². The standard InChI is InChI=1S/C19H29N5O.HI/c1-2-21-19(24-13-16-6-3-4-7-17(16)14-24)23-11-10-22-18(25)15-8-5-9-20-12-15;/h5,8-9,12,16-17H,2-4,6-7,10-11,13-14H2,1H3,(H,21,23)(H,22,25);1H. The van der Waals surface area contributed by atoms with Crippen molar-refractivity contribution in [2.24, 2.45) is 16.8 Å². The zero-order valence-corrected chi connectivity index (χ0v) is 17.8. The third-order valence-electron chi connectivity index (χ3n) is 5.19. The van der Waals surface area contributed by atoms with Crippen molar-refractivity contribution in [1.82, 2.24) is 20.5 Å². The summed E-state index contributed by atoms with van der Waals surface area (Å²) in [5, 5.41) is 6.31. The van der Waals surface area contributed by atoms with Crippen LogP contribution in [-0.2, 0) is 0 Å². The molecule has 2 N–H and O–H groups in total. The Morgan fingerprint density at radius 2 is 2.00 bits per heavy atom. The van der Waals surface area contributed by atoms with Gasteiger partial charge < -0.3 is 15.5 Å². The number of halogens is 1. The maximum absolute atomic E-state index is 12.0. The molecule has 2 heterocycles. The molecule has 6 nitrogen and oxygen atoms in total. The van der Waals surface area contributed by atoms with Crippen LogP contribution in [0.2, 0.25) is 0 Å². The number of nitrogens with one attached hydrogen (secondary N) is 2. The zero-order chi connectivity index (χ0) is 17.5. The fourth-order valence-corrected chi connectivity index (χ4v) is 3.93. The van der Waals surface area contributed by atoms with Crippen LogP contribution in [0.3, 0.4) is 0 Å². The minimum Gasteiger partial charge on any atom is -0.357 e. The highest BCUT2D eigenvalue weighted by Crippen LogP contribution is 2.35. The Balaban J connectivity index is 0.00000243. The topological polar surface area (TPSA) is 69.6 Å². The fraction of sp³-hybridized carbons (Fsp3) is 0.632. The number of aliphatic imine (C=N–C) groups is 1. The van der Waals surface area contributed by atoms with Crippen molar-refractivity contribution in [1.29, 1.82) is 0 Å². The van der Waals surface area contributed by atoms with E-state index < -0.39 is 0 Å². The van der Waals surface area contributed by atoms with Crippen LogP contribution < -0.4 is 10.6 Å². The number of guanidine groups is 1. The first-order valence-electron chi connectivity index (χ1n) is 9.49. The third kappa shape index (κ3) is 5.56. The van der Waals surface area contributed by atoms with E-state index in [9.17, 15) is 4.79 Å². The monoisotopic (exact) mass is 471 g/mol. The maximum Gasteiger partial charge on any atom is 0.252 e. The van der Waals surface area contributed by atoms with Crippen molar-refractivity contribution in [3.8, 4) is 0 Å². The lowest BCUT2D eigenvalue weighted by atomic mass is 9.82. The number of nitrogens with zero attached hydrogens (tertiary/aromatic N) is 3. The normalized spacial score (nSPS) is 22.3. The summed E-state index contributed by atoms with van der Waals surface area (Å²) in [6.45, 7) is 6.33. The number of hydrogen-bond donors (Lipinski definition) is 2. The van der Waals surface area contributed by atoms with Crippen LogP contribution in [0.1, 0.15) is 43.0 Å². The molecule has 1 amide bonds. The predicted molar refractivity (Wildman–Crippen MR) is 115 cm³/mol. The van der Waals surface area contributed by atoms with E-state index >= 15 is 0 Å². The second kappa shape index (κ2) is 10.7. The van der Waals surface area contributed by atoms with Gasteiger partial charge >= 0.3 is 0 Å². The molecule has 0 spiro atoms. The molecule has 3 rings (SSSR count). The first-order valence-corrected chi connectivity index (χ1v) is 9.49. The largest absolute Gasteiger partial charge is 0.357 e. The minimum atomic E-state index is -0.0968. The molecule has 0 bridgehead atoms. The average molecular weight is 471 g/mol. The molecular weight excluding hydrogens is 441 g/mol. The number of hydrogen-bond acceptors (Lipinski definition) is 3. The smallest absolute Gasteiger partial charge is 0.252 e. The lowest BCUT2D eigenvalue weighted by molar-refractivity contribution is 0.0954. The number of carbonyl (C=O) groups is 1. The van der Waals surface area contributed by atoms with Crippen LogP contribution in [0.25, 0.3) is 0 Å². The van der Waals surface area contributed by atoms with Crippen molar-refractivity contribution in [2.45, 2.75) is 32.6 Å². The fourth-order valence-electron chi connectivity index (χ4n) is 3.93. The van der Waals surface area contributed by atoms with Gasteiger partial charge in [0.1, 0.15) is 0 Å². The van der Waals surface area contributed by atoms with Crippen LogP contribution in [0, 0.1) is 11.8 Å². The van der Waals surface area contributed by atoms with E-state index in [2.05, 4.69) is 27.4 Å². The van der Waals surface area contributed by atoms with E-state index in [-0.39, 0.29) is 29.9 Å². The lowest BCUT2D eigenvalue weighted by Crippen LogP contribution is -2.41. The highest BCUT2D eigenvalue weighted by molar-refractivity contribution is 14.0. The lowest BCUT2D eigenvalue weighted by Gasteiger charge is -2.22. The Kier molecular flexibility index (Phi) is 8.61. The van der Waals surface area contributed by atoms with Crippen molar-refractivity contribution in [3.05, 3.63) is 30.1 Å². The van der Waals surface area contributed by atoms with Gasteiger partial charge in [-0.1, -0.05) is 12.8 Å². The van der Waals surface area contributed by atoms with E-state index in [1.54, 1.807) is 24.5 Å². The summed E-state index contributed by atoms with van der Waals surface area (Å²) in [6.07, 6.45) is 8.72. The van der Waals surface area contributed by atoms with Crippen molar-refractivity contribution < 1.29 is 4.79 Å². The Bertz CT molecular complexity index is 581. The number of carbonyl (C=O) groups excluding carboxylic acids is 1. The highest BCUT2D eigenvalue weighted by atomic mass is 127. The minimum absolute atomic E-state index is 0. The van der Waals surface area contributed by atoms with Gasteiger partial charge in [-0.2, -0.15) is 0 Å². The summed E-state index contributed by atoms with van der Waals surface area (Å²) >= 11 is 0. The molecule has 1 saturated heterocycles. The van der Waals surface area contributed by atoms with Gasteiger partial charge in [0.05, 0.1) is 12.1 Å². The molecule has 2 fully saturated rings. The van der Waals surface area contributed by atoms with Crippen LogP contribution in [0.4, 0.5) is 0 Å². The van der Waals surface area contributed by atoms with Gasteiger partial charge in [-0.05, 0) is 43.7 Å². The number of aromatic nitrogens is 1. The molecule has 0 aromatic carbocycles. The molecule has 26 heavy (non-hydrogen) atoms. The van der Waals surface area contributed by atoms with E-state index in [4.69, 9.17) is 4.99 Å². The molecule has 2 aliphatic rings. The number of pyridine rings is 1. The molecule has 2 atom stereocenters. The SMILES string of the molecule is CCNC(=NCCNC(=O)c1cccnc1)N1CC2CCCCC2C1.I. The Morgan fingerprint density at radius 1 is 1.27 bits per heavy atom. The molecule has 144 valence electrons. The molecule has 2 unspecified atom stereocenters. The van der Waals surface area contributed by atoms with Gasteiger partial charge in [0.25, 0.3) is 5.91 Å². The maximum atomic E-state index is 12.0. The molecular formula is C19H30IN5O. The second-order valence-corrected chi connectivity index (χ2v) is 6.94. The van der Waals surface area contributed by atoms with Gasteiger partial charge in [0.15, 0.2) is 5.96 Å². The first-order chi connectivity index (χ1) is 12.3. The number of amides is 1. The quantitative estimate of drug-likeness (QED) is 0.300. The number of fused-ring (bicyclic) bond motifs is 1. The summed E-state index contributed by atoms with van der Waals surface area (Å²) in [7, 11) is 0. The van der Waals surface area contributed by atoms with Crippen LogP contribution in [-0.4, -0.2) is 54.5 Å². The van der Waals surface area contributed by atoms with Gasteiger partial charge in [0.2, 0.25) is 0 Å². The summed E-state index contributed by atoms with van der Waals surface area (Å²) in [5.74, 6) is 2.57. The number of rotatable bonds is 5. The Hall–Kier alpha value is -1.38. The van der Waals surface area contributed by atoms with E-state index in [1.165, 1.54) is 25.7 Å². The van der Waals surface area contributed by atoms with Crippen LogP contribution >= 0.6 is 24.0 Å². The van der Waals surface area contributed by atoms with E-state index in [1.807, 2.05) is 0 Å². The third-order valence-corrected chi connectivity index (χ3v) is 5.19. The predicted octanol–water partition coefficient (Wildman–Crippen LogP) is 2.52. The van der Waals surface area contributed by atoms with Gasteiger partial charge in [-0.3, -0.25) is 14.8 Å². The van der Waals surface area contributed by atoms with E-state index in [0.29, 0.717) is 18.7 Å². The molecule has 0 radical (unpaired) electrons. The van der Waals surface area contributed by atoms with E-state index in [0.717, 1.165) is 37.4 Å². The summed E-state index contributed by atoms with van der Waals surface area (Å²) in [4.78, 5) is 23.1. The molecule has 1 aliphatic carbocycles. The van der Waals surface area contributed by atoms with Gasteiger partial charge in [0, 0.05) is 38.6 Å². The van der Waals surface area contributed by atoms with Crippen molar-refractivity contribution >= 4 is 35.8 Å². The summed E-state index contributed by atoms with van der Waals surface area (Å²) in [5.41, 5.74) is 0.585. The van der Waals surface area contributed by atoms with Crippen LogP contribution in [0.5, 0.6) is 0 Å². The second-order valence-electron chi connectivity index (χ2n) is 6.94. The molecule has 1 aromatic rings. The zero-order valence-electron chi connectivity index (χ0n) is 15.5. The molecule has 1 aliphatic heterocycles. The van der Waals surface area contributed by atoms with Gasteiger partial charge in [-0.15, -0.1) is 24.0 Å². The van der Waals surface area contributed by atoms with Gasteiger partial charge in [-0.25, -0.2) is 0 Å². The molecule has 1 saturated carbocycles. The van der Waals surface area contributed by atoms with Crippen LogP contribution in [0.15, 0.2) is 29.5 Å². The molecule has 1 aromatic heterocycles. The summed E-state index contributed by atoms with van der Waals surface area (Å²) < 4.78 is 0. The van der Waals surface area contributed by atoms with Crippen molar-refractivity contribution in [2.75, 3.05) is 32.7 Å². The first kappa shape index (κ1) is 20.9. The molecule has 7 heteroatoms. The summed E-state index contributed by atoms with van der Waals surface area (Å²) in [6, 6.07) is 3.53. The highest BCUT2D eigenvalue weighted by Gasteiger charge is 2.35. The Morgan fingerprint density at radius 3 is 2.62 bits per heavy atom. The average Bonchev–Trinajstić information content (AvgIpc) is 3.09. The Labute approximate surface area is 173 Å². The number of likely N-dealkylation sites (tertiary alicyclic amines) is 1.